The summed E-state index contributed by atoms with van der Waals surface area (Å²) in [5.41, 5.74) is 0. The van der Waals surface area contributed by atoms with Crippen molar-refractivity contribution < 1.29 is 1.37 Å². The van der Waals surface area contributed by atoms with Crippen molar-refractivity contribution in [2.45, 2.75) is 33.1 Å². The molecule has 0 aromatic carbocycles. The highest BCUT2D eigenvalue weighted by Gasteiger charge is 2.10. The highest BCUT2D eigenvalue weighted by molar-refractivity contribution is 4.65. The zero-order valence-corrected chi connectivity index (χ0v) is 7.14. The van der Waals surface area contributed by atoms with Gasteiger partial charge < -0.3 is 4.90 Å². The van der Waals surface area contributed by atoms with E-state index in [2.05, 4.69) is 18.7 Å². The molecule has 1 aliphatic heterocycles. The van der Waals surface area contributed by atoms with Gasteiger partial charge >= 0.3 is 0 Å². The Bertz CT molecular complexity index is 112. The Balaban J connectivity index is 2.23. The Hall–Kier alpha value is -0.0400. The topological polar surface area (TPSA) is 3.24 Å². The summed E-state index contributed by atoms with van der Waals surface area (Å²) < 4.78 is 7.60. The van der Waals surface area contributed by atoms with Crippen molar-refractivity contribution in [3.05, 3.63) is 0 Å². The van der Waals surface area contributed by atoms with Crippen LogP contribution < -0.4 is 0 Å². The maximum absolute atomic E-state index is 7.60. The number of likely N-dealkylation sites (tertiary alicyclic amines) is 1. The van der Waals surface area contributed by atoms with Crippen molar-refractivity contribution in [2.75, 3.05) is 19.6 Å². The molecule has 0 N–H and O–H groups in total. The lowest BCUT2D eigenvalue weighted by Crippen LogP contribution is -2.32. The van der Waals surface area contributed by atoms with E-state index < -0.39 is 0 Å². The van der Waals surface area contributed by atoms with E-state index in [9.17, 15) is 0 Å². The predicted molar refractivity (Wildman–Crippen MR) is 45.1 cm³/mol. The third-order valence-electron chi connectivity index (χ3n) is 1.89. The standard InChI is InChI=1S/C9H19N/c1-9(2)8-10-6-4-3-5-7-10/h9H,3-8H2,1-2H3/i4D. The zero-order valence-electron chi connectivity index (χ0n) is 8.14. The van der Waals surface area contributed by atoms with E-state index in [4.69, 9.17) is 1.37 Å². The first-order valence-electron chi connectivity index (χ1n) is 4.91. The van der Waals surface area contributed by atoms with Crippen LogP contribution in [0.15, 0.2) is 0 Å². The summed E-state index contributed by atoms with van der Waals surface area (Å²) in [7, 11) is 0. The molecule has 1 saturated heterocycles. The molecule has 1 unspecified atom stereocenters. The van der Waals surface area contributed by atoms with Crippen molar-refractivity contribution in [1.82, 2.24) is 4.90 Å². The lowest BCUT2D eigenvalue weighted by molar-refractivity contribution is 0.206. The zero-order chi connectivity index (χ0) is 8.27. The minimum Gasteiger partial charge on any atom is -0.303 e. The maximum Gasteiger partial charge on any atom is 0.0280 e. The first-order chi connectivity index (χ1) is 5.18. The first kappa shape index (κ1) is 6.66. The van der Waals surface area contributed by atoms with Gasteiger partial charge in [0.2, 0.25) is 0 Å². The molecule has 0 aromatic rings. The van der Waals surface area contributed by atoms with E-state index >= 15 is 0 Å². The molecule has 0 aliphatic carbocycles. The third kappa shape index (κ3) is 2.70. The smallest absolute Gasteiger partial charge is 0.0280 e. The second-order valence-corrected chi connectivity index (χ2v) is 3.58. The molecule has 1 heteroatoms. The molecule has 10 heavy (non-hydrogen) atoms. The van der Waals surface area contributed by atoms with Crippen molar-refractivity contribution >= 4 is 0 Å². The van der Waals surface area contributed by atoms with Crippen molar-refractivity contribution in [2.24, 2.45) is 5.92 Å². The molecule has 1 atom stereocenters. The van der Waals surface area contributed by atoms with Gasteiger partial charge in [0.1, 0.15) is 0 Å². The van der Waals surface area contributed by atoms with Crippen LogP contribution in [-0.2, 0) is 0 Å². The number of hydrogen-bond donors (Lipinski definition) is 0. The van der Waals surface area contributed by atoms with E-state index in [0.717, 1.165) is 18.9 Å². The fourth-order valence-electron chi connectivity index (χ4n) is 1.51. The molecule has 1 aliphatic rings. The average molecular weight is 142 g/mol. The third-order valence-corrected chi connectivity index (χ3v) is 1.89. The summed E-state index contributed by atoms with van der Waals surface area (Å²) in [6.07, 6.45) is 2.51. The van der Waals surface area contributed by atoms with Gasteiger partial charge in [0.15, 0.2) is 0 Å². The summed E-state index contributed by atoms with van der Waals surface area (Å²) in [5.74, 6) is 0.750. The van der Waals surface area contributed by atoms with E-state index in [1.165, 1.54) is 19.5 Å². The summed E-state index contributed by atoms with van der Waals surface area (Å²) in [6.45, 7) is 7.88. The van der Waals surface area contributed by atoms with Gasteiger partial charge in [0.25, 0.3) is 0 Å². The second kappa shape index (κ2) is 3.97. The Morgan fingerprint density at radius 3 is 2.80 bits per heavy atom. The molecule has 1 fully saturated rings. The molecule has 1 rings (SSSR count). The minimum absolute atomic E-state index is 0.183. The molecule has 0 bridgehead atoms. The van der Waals surface area contributed by atoms with Gasteiger partial charge in [-0.15, -0.1) is 0 Å². The molecule has 0 aromatic heterocycles. The highest BCUT2D eigenvalue weighted by Crippen LogP contribution is 2.09. The van der Waals surface area contributed by atoms with Crippen LogP contribution in [0.3, 0.4) is 0 Å². The van der Waals surface area contributed by atoms with Gasteiger partial charge in [-0.1, -0.05) is 20.3 Å². The van der Waals surface area contributed by atoms with E-state index in [0.29, 0.717) is 0 Å². The predicted octanol–water partition coefficient (Wildman–Crippen LogP) is 2.13. The number of piperidine rings is 1. The van der Waals surface area contributed by atoms with Gasteiger partial charge in [-0.25, -0.2) is 0 Å². The quantitative estimate of drug-likeness (QED) is 0.571. The SMILES string of the molecule is [2H]C1CCCN(CC(C)C)C1. The lowest BCUT2D eigenvalue weighted by atomic mass is 10.1. The van der Waals surface area contributed by atoms with Crippen molar-refractivity contribution in [3.63, 3.8) is 0 Å². The van der Waals surface area contributed by atoms with Gasteiger partial charge in [0, 0.05) is 7.92 Å². The molecule has 0 spiro atoms. The van der Waals surface area contributed by atoms with Crippen molar-refractivity contribution in [3.8, 4) is 0 Å². The fraction of sp³-hybridized carbons (Fsp3) is 1.00. The molecule has 1 heterocycles. The van der Waals surface area contributed by atoms with Gasteiger partial charge in [-0.2, -0.15) is 0 Å². The minimum atomic E-state index is 0.183. The van der Waals surface area contributed by atoms with Gasteiger partial charge in [0.05, 0.1) is 0 Å². The van der Waals surface area contributed by atoms with Gasteiger partial charge in [-0.3, -0.25) is 0 Å². The van der Waals surface area contributed by atoms with Crippen LogP contribution in [0.1, 0.15) is 34.5 Å². The van der Waals surface area contributed by atoms with E-state index in [1.54, 1.807) is 0 Å². The van der Waals surface area contributed by atoms with Crippen LogP contribution in [0.2, 0.25) is 0 Å². The van der Waals surface area contributed by atoms with E-state index in [-0.39, 0.29) is 6.40 Å². The summed E-state index contributed by atoms with van der Waals surface area (Å²) in [6, 6.07) is 0. The Labute approximate surface area is 65.8 Å². The first-order valence-corrected chi connectivity index (χ1v) is 4.33. The van der Waals surface area contributed by atoms with Gasteiger partial charge in [-0.05, 0) is 31.8 Å². The highest BCUT2D eigenvalue weighted by atomic mass is 15.1. The molecular formula is C9H19N. The molecule has 0 radical (unpaired) electrons. The van der Waals surface area contributed by atoms with Crippen LogP contribution in [0.25, 0.3) is 0 Å². The van der Waals surface area contributed by atoms with Crippen LogP contribution >= 0.6 is 0 Å². The average Bonchev–Trinajstić information content (AvgIpc) is 1.85. The van der Waals surface area contributed by atoms with Crippen LogP contribution in [-0.4, -0.2) is 24.5 Å². The summed E-state index contributed by atoms with van der Waals surface area (Å²) >= 11 is 0. The maximum atomic E-state index is 7.60. The number of hydrogen-bond acceptors (Lipinski definition) is 1. The number of nitrogens with zero attached hydrogens (tertiary/aromatic N) is 1. The Morgan fingerprint density at radius 2 is 2.20 bits per heavy atom. The van der Waals surface area contributed by atoms with Crippen LogP contribution in [0.4, 0.5) is 0 Å². The second-order valence-electron chi connectivity index (χ2n) is 3.58. The molecule has 60 valence electrons. The molecule has 0 amide bonds. The number of rotatable bonds is 2. The van der Waals surface area contributed by atoms with Crippen LogP contribution in [0, 0.1) is 5.92 Å². The Morgan fingerprint density at radius 1 is 1.40 bits per heavy atom. The summed E-state index contributed by atoms with van der Waals surface area (Å²) in [5, 5.41) is 0. The fourth-order valence-corrected chi connectivity index (χ4v) is 1.51. The van der Waals surface area contributed by atoms with Crippen molar-refractivity contribution in [1.29, 1.82) is 0 Å². The molecular weight excluding hydrogens is 122 g/mol. The lowest BCUT2D eigenvalue weighted by Gasteiger charge is -2.27. The van der Waals surface area contributed by atoms with E-state index in [1.807, 2.05) is 0 Å². The summed E-state index contributed by atoms with van der Waals surface area (Å²) in [4.78, 5) is 2.42. The molecule has 1 nitrogen and oxygen atoms in total. The normalized spacial score (nSPS) is 30.7. The Kier molecular flexibility index (Phi) is 2.64. The van der Waals surface area contributed by atoms with Crippen LogP contribution in [0.5, 0.6) is 0 Å². The monoisotopic (exact) mass is 142 g/mol. The largest absolute Gasteiger partial charge is 0.303 e. The molecule has 0 saturated carbocycles.